The van der Waals surface area contributed by atoms with E-state index in [0.29, 0.717) is 6.42 Å². The lowest BCUT2D eigenvalue weighted by molar-refractivity contribution is -0.123. The standard InChI is InChI=1S/C15H21N3O/c1-5-16-15(2,3)13(19)10-14-17-11-8-6-7-9-12(11)18(14)4/h6-9,16H,5,10H2,1-4H3. The van der Waals surface area contributed by atoms with Gasteiger partial charge in [0.25, 0.3) is 0 Å². The number of ketones is 1. The Labute approximate surface area is 113 Å². The summed E-state index contributed by atoms with van der Waals surface area (Å²) < 4.78 is 2.00. The molecule has 0 radical (unpaired) electrons. The quantitative estimate of drug-likeness (QED) is 0.894. The number of hydrogen-bond acceptors (Lipinski definition) is 3. The average molecular weight is 259 g/mol. The number of likely N-dealkylation sites (N-methyl/N-ethyl adjacent to an activating group) is 1. The van der Waals surface area contributed by atoms with Gasteiger partial charge in [-0.15, -0.1) is 0 Å². The summed E-state index contributed by atoms with van der Waals surface area (Å²) >= 11 is 0. The Hall–Kier alpha value is -1.68. The number of hydrogen-bond donors (Lipinski definition) is 1. The van der Waals surface area contributed by atoms with Gasteiger partial charge in [-0.25, -0.2) is 4.98 Å². The molecule has 4 nitrogen and oxygen atoms in total. The van der Waals surface area contributed by atoms with E-state index < -0.39 is 5.54 Å². The zero-order valence-electron chi connectivity index (χ0n) is 12.0. The molecule has 19 heavy (non-hydrogen) atoms. The van der Waals surface area contributed by atoms with E-state index in [9.17, 15) is 4.79 Å². The summed E-state index contributed by atoms with van der Waals surface area (Å²) in [4.78, 5) is 16.9. The van der Waals surface area contributed by atoms with E-state index in [1.165, 1.54) is 0 Å². The number of carbonyl (C=O) groups excluding carboxylic acids is 1. The van der Waals surface area contributed by atoms with Crippen LogP contribution in [0.25, 0.3) is 11.0 Å². The van der Waals surface area contributed by atoms with Crippen molar-refractivity contribution in [3.8, 4) is 0 Å². The van der Waals surface area contributed by atoms with E-state index in [4.69, 9.17) is 0 Å². The Kier molecular flexibility index (Phi) is 3.71. The van der Waals surface area contributed by atoms with E-state index in [1.54, 1.807) is 0 Å². The number of aryl methyl sites for hydroxylation is 1. The van der Waals surface area contributed by atoms with Crippen molar-refractivity contribution in [1.29, 1.82) is 0 Å². The molecule has 0 amide bonds. The Morgan fingerprint density at radius 1 is 1.37 bits per heavy atom. The molecule has 1 heterocycles. The summed E-state index contributed by atoms with van der Waals surface area (Å²) in [5.41, 5.74) is 1.49. The molecule has 0 atom stereocenters. The number of nitrogens with one attached hydrogen (secondary N) is 1. The lowest BCUT2D eigenvalue weighted by Gasteiger charge is -2.23. The minimum absolute atomic E-state index is 0.160. The number of rotatable bonds is 5. The number of fused-ring (bicyclic) bond motifs is 1. The molecular weight excluding hydrogens is 238 g/mol. The van der Waals surface area contributed by atoms with E-state index in [0.717, 1.165) is 23.4 Å². The lowest BCUT2D eigenvalue weighted by atomic mass is 9.96. The third-order valence-corrected chi connectivity index (χ3v) is 3.51. The summed E-state index contributed by atoms with van der Waals surface area (Å²) in [5.74, 6) is 0.977. The average Bonchev–Trinajstić information content (AvgIpc) is 2.67. The van der Waals surface area contributed by atoms with Gasteiger partial charge < -0.3 is 9.88 Å². The number of para-hydroxylation sites is 2. The molecule has 4 heteroatoms. The second-order valence-electron chi connectivity index (χ2n) is 5.33. The van der Waals surface area contributed by atoms with Crippen LogP contribution in [0.4, 0.5) is 0 Å². The van der Waals surface area contributed by atoms with Crippen molar-refractivity contribution in [1.82, 2.24) is 14.9 Å². The van der Waals surface area contributed by atoms with Crippen LogP contribution in [0.5, 0.6) is 0 Å². The maximum Gasteiger partial charge on any atom is 0.159 e. The van der Waals surface area contributed by atoms with Crippen LogP contribution in [-0.4, -0.2) is 27.4 Å². The minimum Gasteiger partial charge on any atom is -0.331 e. The molecule has 0 saturated carbocycles. The first-order chi connectivity index (χ1) is 8.95. The van der Waals surface area contributed by atoms with Gasteiger partial charge in [-0.2, -0.15) is 0 Å². The van der Waals surface area contributed by atoms with Gasteiger partial charge in [0.05, 0.1) is 23.0 Å². The van der Waals surface area contributed by atoms with Crippen molar-refractivity contribution >= 4 is 16.8 Å². The zero-order valence-corrected chi connectivity index (χ0v) is 12.0. The third kappa shape index (κ3) is 2.68. The molecule has 0 aliphatic heterocycles. The second kappa shape index (κ2) is 5.13. The molecule has 0 aliphatic rings. The van der Waals surface area contributed by atoms with Crippen LogP contribution >= 0.6 is 0 Å². The fraction of sp³-hybridized carbons (Fsp3) is 0.467. The van der Waals surface area contributed by atoms with Crippen LogP contribution in [-0.2, 0) is 18.3 Å². The summed E-state index contributed by atoms with van der Waals surface area (Å²) in [6.45, 7) is 6.62. The molecule has 1 aromatic carbocycles. The summed E-state index contributed by atoms with van der Waals surface area (Å²) in [5, 5.41) is 3.21. The Balaban J connectivity index is 2.27. The number of Topliss-reactive ketones (excluding diaryl/α,β-unsaturated/α-hetero) is 1. The van der Waals surface area contributed by atoms with Crippen molar-refractivity contribution in [3.63, 3.8) is 0 Å². The maximum absolute atomic E-state index is 12.3. The number of aromatic nitrogens is 2. The number of carbonyl (C=O) groups is 1. The monoisotopic (exact) mass is 259 g/mol. The van der Waals surface area contributed by atoms with Crippen LogP contribution in [0.3, 0.4) is 0 Å². The minimum atomic E-state index is -0.507. The van der Waals surface area contributed by atoms with Crippen molar-refractivity contribution < 1.29 is 4.79 Å². The highest BCUT2D eigenvalue weighted by Gasteiger charge is 2.27. The lowest BCUT2D eigenvalue weighted by Crippen LogP contribution is -2.47. The van der Waals surface area contributed by atoms with Crippen molar-refractivity contribution in [2.24, 2.45) is 7.05 Å². The normalized spacial score (nSPS) is 12.0. The predicted molar refractivity (Wildman–Crippen MR) is 77.2 cm³/mol. The summed E-state index contributed by atoms with van der Waals surface area (Å²) in [7, 11) is 1.96. The maximum atomic E-state index is 12.3. The van der Waals surface area contributed by atoms with E-state index in [2.05, 4.69) is 10.3 Å². The molecule has 0 fully saturated rings. The molecule has 1 N–H and O–H groups in total. The van der Waals surface area contributed by atoms with Crippen LogP contribution < -0.4 is 5.32 Å². The van der Waals surface area contributed by atoms with Gasteiger partial charge >= 0.3 is 0 Å². The first-order valence-corrected chi connectivity index (χ1v) is 6.64. The second-order valence-corrected chi connectivity index (χ2v) is 5.33. The molecule has 0 unspecified atom stereocenters. The number of imidazole rings is 1. The smallest absolute Gasteiger partial charge is 0.159 e. The fourth-order valence-corrected chi connectivity index (χ4v) is 2.26. The molecule has 0 aliphatic carbocycles. The van der Waals surface area contributed by atoms with Crippen LogP contribution in [0.15, 0.2) is 24.3 Å². The molecule has 102 valence electrons. The predicted octanol–water partition coefficient (Wildman–Crippen LogP) is 2.07. The van der Waals surface area contributed by atoms with Crippen LogP contribution in [0, 0.1) is 0 Å². The largest absolute Gasteiger partial charge is 0.331 e. The SMILES string of the molecule is CCNC(C)(C)C(=O)Cc1nc2ccccc2n1C. The highest BCUT2D eigenvalue weighted by Crippen LogP contribution is 2.16. The van der Waals surface area contributed by atoms with Crippen molar-refractivity contribution in [3.05, 3.63) is 30.1 Å². The molecule has 1 aromatic heterocycles. The van der Waals surface area contributed by atoms with E-state index in [1.807, 2.05) is 56.7 Å². The van der Waals surface area contributed by atoms with E-state index in [-0.39, 0.29) is 5.78 Å². The topological polar surface area (TPSA) is 46.9 Å². The van der Waals surface area contributed by atoms with Gasteiger partial charge in [-0.1, -0.05) is 19.1 Å². The summed E-state index contributed by atoms with van der Waals surface area (Å²) in [6, 6.07) is 7.94. The zero-order chi connectivity index (χ0) is 14.0. The molecule has 0 spiro atoms. The van der Waals surface area contributed by atoms with Gasteiger partial charge in [0.2, 0.25) is 0 Å². The highest BCUT2D eigenvalue weighted by atomic mass is 16.1. The number of benzene rings is 1. The van der Waals surface area contributed by atoms with Gasteiger partial charge in [0.15, 0.2) is 5.78 Å². The molecule has 0 saturated heterocycles. The first kappa shape index (κ1) is 13.7. The highest BCUT2D eigenvalue weighted by molar-refractivity contribution is 5.89. The Morgan fingerprint density at radius 2 is 2.05 bits per heavy atom. The number of nitrogens with zero attached hydrogens (tertiary/aromatic N) is 2. The molecule has 0 bridgehead atoms. The van der Waals surface area contributed by atoms with Crippen LogP contribution in [0.1, 0.15) is 26.6 Å². The van der Waals surface area contributed by atoms with Gasteiger partial charge in [0, 0.05) is 7.05 Å². The Morgan fingerprint density at radius 3 is 2.68 bits per heavy atom. The van der Waals surface area contributed by atoms with Crippen molar-refractivity contribution in [2.75, 3.05) is 6.54 Å². The first-order valence-electron chi connectivity index (χ1n) is 6.64. The van der Waals surface area contributed by atoms with Crippen LogP contribution in [0.2, 0.25) is 0 Å². The third-order valence-electron chi connectivity index (χ3n) is 3.51. The van der Waals surface area contributed by atoms with E-state index >= 15 is 0 Å². The van der Waals surface area contributed by atoms with Gasteiger partial charge in [-0.05, 0) is 32.5 Å². The molecule has 2 aromatic rings. The van der Waals surface area contributed by atoms with Gasteiger partial charge in [-0.3, -0.25) is 4.79 Å². The van der Waals surface area contributed by atoms with Gasteiger partial charge in [0.1, 0.15) is 5.82 Å². The molecule has 2 rings (SSSR count). The van der Waals surface area contributed by atoms with Crippen molar-refractivity contribution in [2.45, 2.75) is 32.7 Å². The molecular formula is C15H21N3O. The summed E-state index contributed by atoms with van der Waals surface area (Å²) in [6.07, 6.45) is 0.352. The Bertz CT molecular complexity index is 598. The fourth-order valence-electron chi connectivity index (χ4n) is 2.26.